The van der Waals surface area contributed by atoms with E-state index in [1.165, 1.54) is 6.33 Å². The van der Waals surface area contributed by atoms with Crippen molar-refractivity contribution in [3.05, 3.63) is 39.6 Å². The van der Waals surface area contributed by atoms with E-state index >= 15 is 0 Å². The number of hydrogen-bond acceptors (Lipinski definition) is 3. The molecule has 0 radical (unpaired) electrons. The van der Waals surface area contributed by atoms with Crippen LogP contribution in [0.5, 0.6) is 0 Å². The first kappa shape index (κ1) is 15.1. The van der Waals surface area contributed by atoms with E-state index in [-0.39, 0.29) is 21.9 Å². The van der Waals surface area contributed by atoms with Crippen molar-refractivity contribution >= 4 is 46.4 Å². The van der Waals surface area contributed by atoms with Crippen molar-refractivity contribution in [3.8, 4) is 0 Å². The number of anilines is 1. The quantitative estimate of drug-likeness (QED) is 0.863. The molecule has 2 heterocycles. The highest BCUT2D eigenvalue weighted by Crippen LogP contribution is 2.26. The fraction of sp³-hybridized carbons (Fsp3) is 0.250. The van der Waals surface area contributed by atoms with Crippen LogP contribution < -0.4 is 5.32 Å². The van der Waals surface area contributed by atoms with Gasteiger partial charge in [0, 0.05) is 12.7 Å². The van der Waals surface area contributed by atoms with Crippen molar-refractivity contribution in [1.82, 2.24) is 14.5 Å². The maximum absolute atomic E-state index is 12.3. The minimum atomic E-state index is -0.371. The maximum atomic E-state index is 12.3. The van der Waals surface area contributed by atoms with Crippen LogP contribution in [0.15, 0.2) is 18.6 Å². The second-order valence-electron chi connectivity index (χ2n) is 4.02. The molecule has 0 aliphatic heterocycles. The molecule has 2 aromatic heterocycles. The number of carbonyl (C=O) groups is 1. The summed E-state index contributed by atoms with van der Waals surface area (Å²) in [4.78, 5) is 19.8. The molecule has 5 nitrogen and oxygen atoms in total. The van der Waals surface area contributed by atoms with Crippen LogP contribution in [0.3, 0.4) is 0 Å². The second kappa shape index (κ2) is 6.43. The normalized spacial score (nSPS) is 10.6. The van der Waals surface area contributed by atoms with Crippen LogP contribution >= 0.6 is 34.8 Å². The Bertz CT molecular complexity index is 621. The second-order valence-corrected chi connectivity index (χ2v) is 5.17. The number of nitrogens with zero attached hydrogens (tertiary/aromatic N) is 3. The molecule has 2 rings (SSSR count). The van der Waals surface area contributed by atoms with E-state index in [0.29, 0.717) is 17.3 Å². The zero-order chi connectivity index (χ0) is 14.7. The van der Waals surface area contributed by atoms with Crippen LogP contribution in [-0.4, -0.2) is 20.4 Å². The molecule has 0 saturated carbocycles. The summed E-state index contributed by atoms with van der Waals surface area (Å²) in [6.45, 7) is 2.69. The third kappa shape index (κ3) is 3.23. The van der Waals surface area contributed by atoms with Gasteiger partial charge in [-0.25, -0.2) is 9.97 Å². The van der Waals surface area contributed by atoms with Gasteiger partial charge >= 0.3 is 0 Å². The van der Waals surface area contributed by atoms with Gasteiger partial charge in [0.15, 0.2) is 10.3 Å². The van der Waals surface area contributed by atoms with Crippen LogP contribution in [0, 0.1) is 0 Å². The third-order valence-corrected chi connectivity index (χ3v) is 3.33. The molecular formula is C12H11Cl3N4O. The molecule has 0 unspecified atom stereocenters. The Morgan fingerprint density at radius 1 is 1.30 bits per heavy atom. The predicted octanol–water partition coefficient (Wildman–Crippen LogP) is 3.90. The number of aromatic nitrogens is 3. The predicted molar refractivity (Wildman–Crippen MR) is 79.7 cm³/mol. The molecule has 0 aliphatic carbocycles. The minimum Gasteiger partial charge on any atom is -0.342 e. The molecule has 20 heavy (non-hydrogen) atoms. The van der Waals surface area contributed by atoms with Crippen molar-refractivity contribution in [2.75, 3.05) is 5.32 Å². The summed E-state index contributed by atoms with van der Waals surface area (Å²) in [7, 11) is 0. The SMILES string of the molecule is CCCn1cc(Cl)cc1C(=O)Nc1c(Cl)ncnc1Cl. The Labute approximate surface area is 130 Å². The lowest BCUT2D eigenvalue weighted by Crippen LogP contribution is -2.17. The highest BCUT2D eigenvalue weighted by atomic mass is 35.5. The molecule has 0 fully saturated rings. The largest absolute Gasteiger partial charge is 0.342 e. The number of rotatable bonds is 4. The minimum absolute atomic E-state index is 0.0815. The highest BCUT2D eigenvalue weighted by Gasteiger charge is 2.17. The Hall–Kier alpha value is -1.30. The molecule has 0 bridgehead atoms. The zero-order valence-corrected chi connectivity index (χ0v) is 12.8. The van der Waals surface area contributed by atoms with Gasteiger partial charge in [0.25, 0.3) is 5.91 Å². The van der Waals surface area contributed by atoms with Crippen molar-refractivity contribution < 1.29 is 4.79 Å². The van der Waals surface area contributed by atoms with Crippen molar-refractivity contribution in [2.24, 2.45) is 0 Å². The molecule has 8 heteroatoms. The average molecular weight is 334 g/mol. The Balaban J connectivity index is 2.28. The van der Waals surface area contributed by atoms with E-state index in [9.17, 15) is 4.79 Å². The number of amides is 1. The molecule has 1 amide bonds. The van der Waals surface area contributed by atoms with E-state index in [1.807, 2.05) is 6.92 Å². The number of nitrogens with one attached hydrogen (secondary N) is 1. The molecule has 0 aromatic carbocycles. The van der Waals surface area contributed by atoms with E-state index in [4.69, 9.17) is 34.8 Å². The van der Waals surface area contributed by atoms with E-state index < -0.39 is 0 Å². The molecule has 0 saturated heterocycles. The summed E-state index contributed by atoms with van der Waals surface area (Å²) in [6.07, 6.45) is 3.79. The van der Waals surface area contributed by atoms with Gasteiger partial charge in [0.2, 0.25) is 0 Å². The van der Waals surface area contributed by atoms with Crippen LogP contribution in [0.2, 0.25) is 15.3 Å². The zero-order valence-electron chi connectivity index (χ0n) is 10.5. The van der Waals surface area contributed by atoms with Crippen LogP contribution in [0.25, 0.3) is 0 Å². The Kier molecular flexibility index (Phi) is 4.86. The van der Waals surface area contributed by atoms with Gasteiger partial charge in [-0.3, -0.25) is 4.79 Å². The number of hydrogen-bond donors (Lipinski definition) is 1. The Morgan fingerprint density at radius 2 is 1.95 bits per heavy atom. The van der Waals surface area contributed by atoms with Crippen LogP contribution in [-0.2, 0) is 6.54 Å². The third-order valence-electron chi connectivity index (χ3n) is 2.55. The summed E-state index contributed by atoms with van der Waals surface area (Å²) in [5, 5.41) is 3.25. The van der Waals surface area contributed by atoms with Crippen LogP contribution in [0.4, 0.5) is 5.69 Å². The van der Waals surface area contributed by atoms with E-state index in [2.05, 4.69) is 15.3 Å². The van der Waals surface area contributed by atoms with Gasteiger partial charge in [-0.1, -0.05) is 41.7 Å². The summed E-state index contributed by atoms with van der Waals surface area (Å²) < 4.78 is 1.77. The number of aryl methyl sites for hydroxylation is 1. The smallest absolute Gasteiger partial charge is 0.272 e. The van der Waals surface area contributed by atoms with E-state index in [1.54, 1.807) is 16.8 Å². The van der Waals surface area contributed by atoms with Crippen molar-refractivity contribution in [3.63, 3.8) is 0 Å². The molecule has 2 aromatic rings. The first-order valence-electron chi connectivity index (χ1n) is 5.86. The first-order valence-corrected chi connectivity index (χ1v) is 6.99. The lowest BCUT2D eigenvalue weighted by atomic mass is 10.3. The summed E-state index contributed by atoms with van der Waals surface area (Å²) in [6, 6.07) is 1.58. The lowest BCUT2D eigenvalue weighted by molar-refractivity contribution is 0.101. The highest BCUT2D eigenvalue weighted by molar-refractivity contribution is 6.38. The van der Waals surface area contributed by atoms with Gasteiger partial charge in [-0.15, -0.1) is 0 Å². The first-order chi connectivity index (χ1) is 9.52. The van der Waals surface area contributed by atoms with Gasteiger partial charge < -0.3 is 9.88 Å². The molecule has 106 valence electrons. The summed E-state index contributed by atoms with van der Waals surface area (Å²) in [5.41, 5.74) is 0.606. The fourth-order valence-corrected chi connectivity index (χ4v) is 2.35. The topological polar surface area (TPSA) is 59.8 Å². The lowest BCUT2D eigenvalue weighted by Gasteiger charge is -2.10. The molecule has 0 spiro atoms. The molecule has 1 N–H and O–H groups in total. The van der Waals surface area contributed by atoms with Crippen molar-refractivity contribution in [1.29, 1.82) is 0 Å². The maximum Gasteiger partial charge on any atom is 0.272 e. The Morgan fingerprint density at radius 3 is 2.55 bits per heavy atom. The summed E-state index contributed by atoms with van der Waals surface area (Å²) >= 11 is 17.7. The monoisotopic (exact) mass is 332 g/mol. The van der Waals surface area contributed by atoms with Gasteiger partial charge in [0.05, 0.1) is 5.02 Å². The number of carbonyl (C=O) groups excluding carboxylic acids is 1. The molecule has 0 aliphatic rings. The fourth-order valence-electron chi connectivity index (χ4n) is 1.72. The number of halogens is 3. The van der Waals surface area contributed by atoms with Crippen molar-refractivity contribution in [2.45, 2.75) is 19.9 Å². The average Bonchev–Trinajstić information content (AvgIpc) is 2.75. The molecule has 0 atom stereocenters. The van der Waals surface area contributed by atoms with Gasteiger partial charge in [-0.2, -0.15) is 0 Å². The van der Waals surface area contributed by atoms with Gasteiger partial charge in [0.1, 0.15) is 17.7 Å². The van der Waals surface area contributed by atoms with E-state index in [0.717, 1.165) is 6.42 Å². The van der Waals surface area contributed by atoms with Crippen LogP contribution in [0.1, 0.15) is 23.8 Å². The standard InChI is InChI=1S/C12H11Cl3N4O/c1-2-3-19-5-7(13)4-8(19)12(20)18-9-10(14)16-6-17-11(9)15/h4-6H,2-3H2,1H3,(H,18,20). The molecular weight excluding hydrogens is 323 g/mol. The van der Waals surface area contributed by atoms with Gasteiger partial charge in [-0.05, 0) is 12.5 Å². The summed E-state index contributed by atoms with van der Waals surface area (Å²) in [5.74, 6) is -0.371.